The Labute approximate surface area is 153 Å². The van der Waals surface area contributed by atoms with E-state index in [0.717, 1.165) is 35.2 Å². The first-order chi connectivity index (χ1) is 12.7. The lowest BCUT2D eigenvalue weighted by Crippen LogP contribution is -2.03. The number of aryl methyl sites for hydroxylation is 1. The number of benzene rings is 1. The largest absolute Gasteiger partial charge is 0.478 e. The molecule has 0 spiro atoms. The highest BCUT2D eigenvalue weighted by molar-refractivity contribution is 6.00. The maximum Gasteiger partial charge on any atom is 0.337 e. The molecule has 0 aliphatic heterocycles. The number of aromatic carboxylic acids is 1. The summed E-state index contributed by atoms with van der Waals surface area (Å²) in [7, 11) is 1.68. The first kappa shape index (κ1) is 18.0. The van der Waals surface area contributed by atoms with Crippen LogP contribution >= 0.6 is 0 Å². The molecular weight excluding hydrogens is 326 g/mol. The zero-order valence-electron chi connectivity index (χ0n) is 14.9. The second kappa shape index (κ2) is 8.50. The Bertz CT molecular complexity index is 857. The Balaban J connectivity index is 2.20. The molecule has 1 aromatic carbocycles. The SMILES string of the molecule is COCCCn1cc(C(=O)O)c(C2=CC=CCC=C2)c1-c1ccccc1. The quantitative estimate of drug-likeness (QED) is 0.731. The fourth-order valence-electron chi connectivity index (χ4n) is 3.22. The van der Waals surface area contributed by atoms with Gasteiger partial charge in [0.25, 0.3) is 0 Å². The third-order valence-electron chi connectivity index (χ3n) is 4.37. The molecule has 1 aliphatic rings. The molecule has 0 amide bonds. The number of ether oxygens (including phenoxy) is 1. The predicted octanol–water partition coefficient (Wildman–Crippen LogP) is 4.79. The van der Waals surface area contributed by atoms with Gasteiger partial charge in [0.1, 0.15) is 0 Å². The van der Waals surface area contributed by atoms with Gasteiger partial charge < -0.3 is 14.4 Å². The van der Waals surface area contributed by atoms with Gasteiger partial charge in [-0.2, -0.15) is 0 Å². The average Bonchev–Trinajstić information content (AvgIpc) is 2.83. The number of allylic oxidation sites excluding steroid dienone is 6. The van der Waals surface area contributed by atoms with Crippen LogP contribution in [0.2, 0.25) is 0 Å². The maximum absolute atomic E-state index is 12.0. The van der Waals surface area contributed by atoms with Crippen molar-refractivity contribution in [3.05, 3.63) is 78.0 Å². The molecule has 26 heavy (non-hydrogen) atoms. The van der Waals surface area contributed by atoms with Crippen LogP contribution in [-0.2, 0) is 11.3 Å². The summed E-state index contributed by atoms with van der Waals surface area (Å²) >= 11 is 0. The van der Waals surface area contributed by atoms with Gasteiger partial charge in [-0.05, 0) is 24.0 Å². The molecule has 0 bridgehead atoms. The summed E-state index contributed by atoms with van der Waals surface area (Å²) < 4.78 is 7.20. The maximum atomic E-state index is 12.0. The van der Waals surface area contributed by atoms with Gasteiger partial charge in [0.05, 0.1) is 11.3 Å². The second-order valence-electron chi connectivity index (χ2n) is 6.17. The van der Waals surface area contributed by atoms with E-state index in [-0.39, 0.29) is 0 Å². The molecule has 0 saturated heterocycles. The molecular formula is C22H23NO3. The lowest BCUT2D eigenvalue weighted by molar-refractivity contribution is 0.0696. The van der Waals surface area contributed by atoms with Crippen LogP contribution in [0.25, 0.3) is 16.8 Å². The van der Waals surface area contributed by atoms with Crippen LogP contribution in [-0.4, -0.2) is 29.4 Å². The molecule has 1 aliphatic carbocycles. The summed E-state index contributed by atoms with van der Waals surface area (Å²) in [6.07, 6.45) is 13.5. The lowest BCUT2D eigenvalue weighted by atomic mass is 9.97. The van der Waals surface area contributed by atoms with Crippen molar-refractivity contribution in [1.29, 1.82) is 0 Å². The van der Waals surface area contributed by atoms with Gasteiger partial charge in [-0.15, -0.1) is 0 Å². The molecule has 3 rings (SSSR count). The highest BCUT2D eigenvalue weighted by Gasteiger charge is 2.23. The van der Waals surface area contributed by atoms with E-state index in [1.54, 1.807) is 13.3 Å². The average molecular weight is 349 g/mol. The van der Waals surface area contributed by atoms with E-state index >= 15 is 0 Å². The topological polar surface area (TPSA) is 51.5 Å². The van der Waals surface area contributed by atoms with Gasteiger partial charge >= 0.3 is 5.97 Å². The summed E-state index contributed by atoms with van der Waals surface area (Å²) in [5.74, 6) is -0.912. The first-order valence-corrected chi connectivity index (χ1v) is 8.77. The number of rotatable bonds is 7. The lowest BCUT2D eigenvalue weighted by Gasteiger charge is -2.12. The predicted molar refractivity (Wildman–Crippen MR) is 104 cm³/mol. The number of aromatic nitrogens is 1. The summed E-state index contributed by atoms with van der Waals surface area (Å²) in [5, 5.41) is 9.82. The monoisotopic (exact) mass is 349 g/mol. The first-order valence-electron chi connectivity index (χ1n) is 8.77. The highest BCUT2D eigenvalue weighted by atomic mass is 16.5. The summed E-state index contributed by atoms with van der Waals surface area (Å²) in [5.41, 5.74) is 3.96. The molecule has 134 valence electrons. The van der Waals surface area contributed by atoms with Gasteiger partial charge in [0.2, 0.25) is 0 Å². The number of carboxylic acids is 1. The minimum absolute atomic E-state index is 0.326. The minimum Gasteiger partial charge on any atom is -0.478 e. The number of carboxylic acid groups (broad SMARTS) is 1. The van der Waals surface area contributed by atoms with Crippen molar-refractivity contribution >= 4 is 11.5 Å². The molecule has 0 atom stereocenters. The van der Waals surface area contributed by atoms with Crippen LogP contribution in [0.1, 0.15) is 28.8 Å². The van der Waals surface area contributed by atoms with E-state index < -0.39 is 5.97 Å². The normalized spacial score (nSPS) is 13.5. The van der Waals surface area contributed by atoms with Gasteiger partial charge in [0, 0.05) is 32.0 Å². The minimum atomic E-state index is -0.912. The fraction of sp³-hybridized carbons (Fsp3) is 0.227. The Morgan fingerprint density at radius 3 is 2.77 bits per heavy atom. The Morgan fingerprint density at radius 1 is 1.23 bits per heavy atom. The molecule has 0 fully saturated rings. The molecule has 1 aromatic heterocycles. The summed E-state index contributed by atoms with van der Waals surface area (Å²) in [6.45, 7) is 1.33. The van der Waals surface area contributed by atoms with E-state index in [4.69, 9.17) is 4.74 Å². The van der Waals surface area contributed by atoms with Crippen molar-refractivity contribution in [2.75, 3.05) is 13.7 Å². The third-order valence-corrected chi connectivity index (χ3v) is 4.37. The number of nitrogens with zero attached hydrogens (tertiary/aromatic N) is 1. The van der Waals surface area contributed by atoms with E-state index in [2.05, 4.69) is 12.2 Å². The van der Waals surface area contributed by atoms with E-state index in [0.29, 0.717) is 18.7 Å². The molecule has 0 radical (unpaired) electrons. The van der Waals surface area contributed by atoms with Crippen molar-refractivity contribution in [3.63, 3.8) is 0 Å². The van der Waals surface area contributed by atoms with Crippen molar-refractivity contribution in [1.82, 2.24) is 4.57 Å². The molecule has 0 unspecified atom stereocenters. The molecule has 1 N–H and O–H groups in total. The van der Waals surface area contributed by atoms with Crippen molar-refractivity contribution in [2.24, 2.45) is 0 Å². The van der Waals surface area contributed by atoms with Gasteiger partial charge in [-0.1, -0.05) is 60.7 Å². The zero-order chi connectivity index (χ0) is 18.4. The zero-order valence-corrected chi connectivity index (χ0v) is 14.9. The van der Waals surface area contributed by atoms with E-state index in [9.17, 15) is 9.90 Å². The van der Waals surface area contributed by atoms with Crippen LogP contribution in [0.15, 0.2) is 66.9 Å². The smallest absolute Gasteiger partial charge is 0.337 e. The highest BCUT2D eigenvalue weighted by Crippen LogP contribution is 2.35. The number of hydrogen-bond acceptors (Lipinski definition) is 2. The third kappa shape index (κ3) is 3.86. The Kier molecular flexibility index (Phi) is 5.87. The summed E-state index contributed by atoms with van der Waals surface area (Å²) in [4.78, 5) is 12.0. The van der Waals surface area contributed by atoms with Gasteiger partial charge in [-0.25, -0.2) is 4.79 Å². The molecule has 4 nitrogen and oxygen atoms in total. The second-order valence-corrected chi connectivity index (χ2v) is 6.17. The number of methoxy groups -OCH3 is 1. The van der Waals surface area contributed by atoms with Gasteiger partial charge in [-0.3, -0.25) is 0 Å². The Hall–Kier alpha value is -2.85. The van der Waals surface area contributed by atoms with Crippen LogP contribution < -0.4 is 0 Å². The number of carbonyl (C=O) groups is 1. The molecule has 2 aromatic rings. The van der Waals surface area contributed by atoms with Crippen molar-refractivity contribution in [2.45, 2.75) is 19.4 Å². The molecule has 0 saturated carbocycles. The van der Waals surface area contributed by atoms with Crippen LogP contribution in [0.3, 0.4) is 0 Å². The van der Waals surface area contributed by atoms with Crippen molar-refractivity contribution < 1.29 is 14.6 Å². The van der Waals surface area contributed by atoms with Crippen LogP contribution in [0.4, 0.5) is 0 Å². The standard InChI is InChI=1S/C22H23NO3/c1-26-15-9-14-23-16-19(22(24)25)20(17-10-5-2-3-6-11-17)21(23)18-12-7-4-8-13-18/h2,4-8,10-13,16H,3,9,14-15H2,1H3,(H,24,25). The van der Waals surface area contributed by atoms with E-state index in [1.165, 1.54) is 0 Å². The van der Waals surface area contributed by atoms with Gasteiger partial charge in [0.15, 0.2) is 0 Å². The van der Waals surface area contributed by atoms with Crippen LogP contribution in [0, 0.1) is 0 Å². The Morgan fingerprint density at radius 2 is 2.04 bits per heavy atom. The molecule has 1 heterocycles. The van der Waals surface area contributed by atoms with Crippen molar-refractivity contribution in [3.8, 4) is 11.3 Å². The van der Waals surface area contributed by atoms with E-state index in [1.807, 2.05) is 53.1 Å². The summed E-state index contributed by atoms with van der Waals surface area (Å²) in [6, 6.07) is 9.96. The molecule has 4 heteroatoms. The van der Waals surface area contributed by atoms with Crippen LogP contribution in [0.5, 0.6) is 0 Å². The number of hydrogen-bond donors (Lipinski definition) is 1. The fourth-order valence-corrected chi connectivity index (χ4v) is 3.22.